The van der Waals surface area contributed by atoms with Gasteiger partial charge in [0.05, 0.1) is 37.6 Å². The second-order valence-corrected chi connectivity index (χ2v) is 9.00. The van der Waals surface area contributed by atoms with Crippen LogP contribution in [0.5, 0.6) is 0 Å². The summed E-state index contributed by atoms with van der Waals surface area (Å²) in [6.07, 6.45) is 0. The highest BCUT2D eigenvalue weighted by Crippen LogP contribution is 2.26. The molecule has 3 aromatic rings. The van der Waals surface area contributed by atoms with Crippen molar-refractivity contribution in [2.75, 3.05) is 52.4 Å². The Labute approximate surface area is 182 Å². The molecule has 3 aliphatic heterocycles. The number of aromatic amines is 1. The van der Waals surface area contributed by atoms with Gasteiger partial charge in [-0.25, -0.2) is 0 Å². The molecule has 0 saturated carbocycles. The summed E-state index contributed by atoms with van der Waals surface area (Å²) in [5.74, 6) is 0. The van der Waals surface area contributed by atoms with E-state index in [0.717, 1.165) is 34.5 Å². The number of hydrogen-bond donors (Lipinski definition) is 2. The number of nitrogens with one attached hydrogen (secondary N) is 2. The zero-order valence-corrected chi connectivity index (χ0v) is 18.4. The molecule has 6 rings (SSSR count). The zero-order chi connectivity index (χ0) is 21.3. The van der Waals surface area contributed by atoms with Gasteiger partial charge in [-0.2, -0.15) is 25.6 Å². The molecule has 1 aromatic heterocycles. The van der Waals surface area contributed by atoms with Gasteiger partial charge in [0.1, 0.15) is 11.0 Å². The molecular formula is C23H31N8+. The minimum atomic E-state index is 0.323. The van der Waals surface area contributed by atoms with Crippen LogP contribution >= 0.6 is 0 Å². The van der Waals surface area contributed by atoms with Crippen LogP contribution in [0, 0.1) is 6.92 Å². The quantitative estimate of drug-likeness (QED) is 0.454. The SMILES string of the molecule is Cc1cc(C(C)NCC[N+]23CCN(CC2)CC3)ccc1N=Nc1ccc2n[nH]nc2c1. The first-order valence-corrected chi connectivity index (χ1v) is 11.2. The molecule has 2 N–H and O–H groups in total. The maximum atomic E-state index is 4.46. The van der Waals surface area contributed by atoms with Gasteiger partial charge in [0.15, 0.2) is 0 Å². The monoisotopic (exact) mass is 419 g/mol. The van der Waals surface area contributed by atoms with Crippen LogP contribution in [0.1, 0.15) is 24.1 Å². The van der Waals surface area contributed by atoms with Gasteiger partial charge < -0.3 is 9.80 Å². The van der Waals surface area contributed by atoms with E-state index in [9.17, 15) is 0 Å². The number of quaternary nitrogens is 1. The largest absolute Gasteiger partial charge is 0.319 e. The maximum Gasteiger partial charge on any atom is 0.115 e. The lowest BCUT2D eigenvalue weighted by atomic mass is 10.0. The minimum absolute atomic E-state index is 0.323. The molecule has 1 unspecified atom stereocenters. The fourth-order valence-electron chi connectivity index (χ4n) is 4.77. The van der Waals surface area contributed by atoms with Crippen molar-refractivity contribution in [3.05, 3.63) is 47.5 Å². The number of aromatic nitrogens is 3. The number of piperazine rings is 3. The van der Waals surface area contributed by atoms with Gasteiger partial charge in [-0.05, 0) is 49.2 Å². The molecule has 8 heteroatoms. The standard InChI is InChI=1S/C23H31N8/c1-17-15-19(18(2)24-7-11-31-12-8-30(9-13-31)10-14-31)3-5-21(17)26-25-20-4-6-22-23(16-20)28-29-27-22/h3-6,15-16,18,24H,7-14H2,1-2H3,(H,27,28,29)/q+1. The Balaban J connectivity index is 1.19. The molecule has 2 aromatic carbocycles. The van der Waals surface area contributed by atoms with Crippen molar-refractivity contribution in [1.82, 2.24) is 25.6 Å². The molecule has 0 aliphatic carbocycles. The van der Waals surface area contributed by atoms with E-state index in [0.29, 0.717) is 6.04 Å². The summed E-state index contributed by atoms with van der Waals surface area (Å²) in [6.45, 7) is 14.4. The van der Waals surface area contributed by atoms with E-state index < -0.39 is 0 Å². The third-order valence-corrected chi connectivity index (χ3v) is 7.00. The molecule has 8 nitrogen and oxygen atoms in total. The molecule has 3 fully saturated rings. The number of hydrogen-bond acceptors (Lipinski definition) is 6. The molecule has 3 aliphatic rings. The highest BCUT2D eigenvalue weighted by molar-refractivity contribution is 5.76. The Kier molecular flexibility index (Phi) is 5.52. The van der Waals surface area contributed by atoms with E-state index in [1.54, 1.807) is 0 Å². The van der Waals surface area contributed by atoms with Gasteiger partial charge in [0, 0.05) is 32.2 Å². The Morgan fingerprint density at radius 2 is 1.81 bits per heavy atom. The van der Waals surface area contributed by atoms with Crippen molar-refractivity contribution in [2.45, 2.75) is 19.9 Å². The molecular weight excluding hydrogens is 388 g/mol. The second-order valence-electron chi connectivity index (χ2n) is 9.00. The van der Waals surface area contributed by atoms with Crippen molar-refractivity contribution < 1.29 is 4.48 Å². The fraction of sp³-hybridized carbons (Fsp3) is 0.478. The molecule has 3 saturated heterocycles. The van der Waals surface area contributed by atoms with Crippen molar-refractivity contribution in [1.29, 1.82) is 0 Å². The molecule has 162 valence electrons. The maximum absolute atomic E-state index is 4.46. The number of aryl methyl sites for hydroxylation is 1. The van der Waals surface area contributed by atoms with Gasteiger partial charge in [-0.3, -0.25) is 4.90 Å². The molecule has 0 amide bonds. The van der Waals surface area contributed by atoms with Crippen LogP contribution in [0.3, 0.4) is 0 Å². The van der Waals surface area contributed by atoms with E-state index >= 15 is 0 Å². The van der Waals surface area contributed by atoms with Crippen LogP contribution in [-0.2, 0) is 0 Å². The summed E-state index contributed by atoms with van der Waals surface area (Å²) < 4.78 is 1.30. The first-order valence-electron chi connectivity index (χ1n) is 11.2. The Morgan fingerprint density at radius 3 is 2.58 bits per heavy atom. The van der Waals surface area contributed by atoms with Gasteiger partial charge in [-0.15, -0.1) is 0 Å². The molecule has 1 atom stereocenters. The Morgan fingerprint density at radius 1 is 1.03 bits per heavy atom. The van der Waals surface area contributed by atoms with Crippen LogP contribution in [0.15, 0.2) is 46.6 Å². The lowest BCUT2D eigenvalue weighted by molar-refractivity contribution is -0.939. The summed E-state index contributed by atoms with van der Waals surface area (Å²) in [5.41, 5.74) is 5.70. The van der Waals surface area contributed by atoms with Crippen molar-refractivity contribution in [3.63, 3.8) is 0 Å². The summed E-state index contributed by atoms with van der Waals surface area (Å²) in [5, 5.41) is 23.4. The predicted molar refractivity (Wildman–Crippen MR) is 122 cm³/mol. The third-order valence-electron chi connectivity index (χ3n) is 7.00. The lowest BCUT2D eigenvalue weighted by Gasteiger charge is -2.50. The molecule has 0 radical (unpaired) electrons. The normalized spacial score (nSPS) is 24.3. The van der Waals surface area contributed by atoms with E-state index in [1.807, 2.05) is 18.2 Å². The van der Waals surface area contributed by atoms with Crippen LogP contribution in [0.4, 0.5) is 11.4 Å². The Bertz CT molecular complexity index is 1070. The van der Waals surface area contributed by atoms with Crippen LogP contribution in [-0.4, -0.2) is 77.2 Å². The summed E-state index contributed by atoms with van der Waals surface area (Å²) in [7, 11) is 0. The molecule has 0 spiro atoms. The van der Waals surface area contributed by atoms with Crippen LogP contribution in [0.25, 0.3) is 11.0 Å². The van der Waals surface area contributed by atoms with E-state index in [-0.39, 0.29) is 0 Å². The first-order chi connectivity index (χ1) is 15.1. The topological polar surface area (TPSA) is 81.6 Å². The number of rotatable bonds is 7. The van der Waals surface area contributed by atoms with Gasteiger partial charge in [-0.1, -0.05) is 12.1 Å². The number of fused-ring (bicyclic) bond motifs is 4. The Hall–Kier alpha value is -2.68. The number of H-pyrrole nitrogens is 1. The lowest BCUT2D eigenvalue weighted by Crippen LogP contribution is -2.68. The highest BCUT2D eigenvalue weighted by Gasteiger charge is 2.37. The van der Waals surface area contributed by atoms with E-state index in [4.69, 9.17) is 0 Å². The van der Waals surface area contributed by atoms with Crippen LogP contribution in [0.2, 0.25) is 0 Å². The summed E-state index contributed by atoms with van der Waals surface area (Å²) >= 11 is 0. The summed E-state index contributed by atoms with van der Waals surface area (Å²) in [6, 6.07) is 12.4. The summed E-state index contributed by atoms with van der Waals surface area (Å²) in [4.78, 5) is 2.60. The zero-order valence-electron chi connectivity index (χ0n) is 18.4. The average molecular weight is 420 g/mol. The number of azo groups is 1. The van der Waals surface area contributed by atoms with Gasteiger partial charge in [0.2, 0.25) is 0 Å². The van der Waals surface area contributed by atoms with Crippen molar-refractivity contribution >= 4 is 22.4 Å². The highest BCUT2D eigenvalue weighted by atomic mass is 15.5. The minimum Gasteiger partial charge on any atom is -0.319 e. The second kappa shape index (κ2) is 8.45. The van der Waals surface area contributed by atoms with E-state index in [1.165, 1.54) is 55.9 Å². The smallest absolute Gasteiger partial charge is 0.115 e. The third kappa shape index (κ3) is 4.37. The first kappa shape index (κ1) is 20.2. The predicted octanol–water partition coefficient (Wildman–Crippen LogP) is 3.48. The van der Waals surface area contributed by atoms with Crippen molar-refractivity contribution in [3.8, 4) is 0 Å². The van der Waals surface area contributed by atoms with Crippen molar-refractivity contribution in [2.24, 2.45) is 10.2 Å². The van der Waals surface area contributed by atoms with Gasteiger partial charge in [0.25, 0.3) is 0 Å². The average Bonchev–Trinajstić information content (AvgIpc) is 3.27. The van der Waals surface area contributed by atoms with Gasteiger partial charge >= 0.3 is 0 Å². The number of nitrogens with zero attached hydrogens (tertiary/aromatic N) is 6. The fourth-order valence-corrected chi connectivity index (χ4v) is 4.77. The number of benzene rings is 2. The molecule has 31 heavy (non-hydrogen) atoms. The van der Waals surface area contributed by atoms with Crippen LogP contribution < -0.4 is 5.32 Å². The molecule has 4 heterocycles. The molecule has 2 bridgehead atoms. The van der Waals surface area contributed by atoms with E-state index in [2.05, 4.69) is 67.9 Å².